The molecule has 2 heterocycles. The third-order valence-corrected chi connectivity index (χ3v) is 4.32. The lowest BCUT2D eigenvalue weighted by Crippen LogP contribution is -2.46. The Hall–Kier alpha value is -2.21. The molecular formula is C19H26N4O2. The minimum Gasteiger partial charge on any atom is -0.351 e. The highest BCUT2D eigenvalue weighted by Gasteiger charge is 2.28. The van der Waals surface area contributed by atoms with Crippen LogP contribution in [0.5, 0.6) is 0 Å². The van der Waals surface area contributed by atoms with Gasteiger partial charge in [-0.2, -0.15) is 4.98 Å². The van der Waals surface area contributed by atoms with Gasteiger partial charge in [0.25, 0.3) is 0 Å². The first-order valence-corrected chi connectivity index (χ1v) is 8.83. The Labute approximate surface area is 148 Å². The quantitative estimate of drug-likeness (QED) is 0.925. The van der Waals surface area contributed by atoms with E-state index in [4.69, 9.17) is 4.52 Å². The number of rotatable bonds is 4. The molecule has 1 N–H and O–H groups in total. The molecule has 1 aromatic carbocycles. The predicted octanol–water partition coefficient (Wildman–Crippen LogP) is 2.86. The van der Waals surface area contributed by atoms with E-state index in [2.05, 4.69) is 20.4 Å². The van der Waals surface area contributed by atoms with Crippen molar-refractivity contribution in [1.82, 2.24) is 20.4 Å². The van der Waals surface area contributed by atoms with Crippen molar-refractivity contribution < 1.29 is 9.32 Å². The highest BCUT2D eigenvalue weighted by molar-refractivity contribution is 5.79. The monoisotopic (exact) mass is 342 g/mol. The zero-order valence-corrected chi connectivity index (χ0v) is 15.2. The first-order chi connectivity index (χ1) is 11.9. The number of nitrogens with one attached hydrogen (secondary N) is 1. The summed E-state index contributed by atoms with van der Waals surface area (Å²) in [7, 11) is 0. The summed E-state index contributed by atoms with van der Waals surface area (Å²) >= 11 is 0. The molecule has 0 unspecified atom stereocenters. The molecule has 1 amide bonds. The molecule has 0 atom stereocenters. The molecule has 2 aromatic rings. The number of carbonyl (C=O) groups is 1. The molecule has 0 saturated carbocycles. The van der Waals surface area contributed by atoms with Crippen LogP contribution in [0.25, 0.3) is 11.4 Å². The molecular weight excluding hydrogens is 316 g/mol. The number of hydrogen-bond donors (Lipinski definition) is 1. The van der Waals surface area contributed by atoms with E-state index in [1.54, 1.807) is 0 Å². The van der Waals surface area contributed by atoms with Crippen LogP contribution < -0.4 is 5.32 Å². The van der Waals surface area contributed by atoms with E-state index in [1.807, 2.05) is 51.1 Å². The van der Waals surface area contributed by atoms with Crippen LogP contribution >= 0.6 is 0 Å². The minimum atomic E-state index is -0.175. The van der Waals surface area contributed by atoms with Crippen LogP contribution in [-0.4, -0.2) is 39.6 Å². The zero-order valence-electron chi connectivity index (χ0n) is 15.2. The molecule has 1 aromatic heterocycles. The van der Waals surface area contributed by atoms with Crippen molar-refractivity contribution in [2.45, 2.75) is 45.7 Å². The van der Waals surface area contributed by atoms with Crippen molar-refractivity contribution in [3.8, 4) is 11.4 Å². The molecule has 3 rings (SSSR count). The minimum absolute atomic E-state index is 0.0954. The molecule has 1 saturated heterocycles. The summed E-state index contributed by atoms with van der Waals surface area (Å²) < 4.78 is 5.38. The largest absolute Gasteiger partial charge is 0.351 e. The smallest absolute Gasteiger partial charge is 0.241 e. The fourth-order valence-electron chi connectivity index (χ4n) is 3.04. The van der Waals surface area contributed by atoms with E-state index in [-0.39, 0.29) is 17.4 Å². The average molecular weight is 342 g/mol. The number of benzene rings is 1. The van der Waals surface area contributed by atoms with Crippen LogP contribution in [0, 0.1) is 5.92 Å². The van der Waals surface area contributed by atoms with Crippen LogP contribution in [0.4, 0.5) is 0 Å². The Morgan fingerprint density at radius 3 is 2.56 bits per heavy atom. The lowest BCUT2D eigenvalue weighted by molar-refractivity contribution is -0.127. The molecule has 1 aliphatic rings. The van der Waals surface area contributed by atoms with Crippen LogP contribution in [0.1, 0.15) is 39.5 Å². The zero-order chi connectivity index (χ0) is 17.9. The summed E-state index contributed by atoms with van der Waals surface area (Å²) in [5.41, 5.74) is 0.779. The first kappa shape index (κ1) is 17.6. The highest BCUT2D eigenvalue weighted by Crippen LogP contribution is 2.21. The van der Waals surface area contributed by atoms with E-state index in [9.17, 15) is 4.79 Å². The number of nitrogens with zero attached hydrogens (tertiary/aromatic N) is 3. The number of piperidine rings is 1. The van der Waals surface area contributed by atoms with E-state index < -0.39 is 0 Å². The van der Waals surface area contributed by atoms with Crippen molar-refractivity contribution in [3.63, 3.8) is 0 Å². The van der Waals surface area contributed by atoms with Gasteiger partial charge in [0.1, 0.15) is 0 Å². The fraction of sp³-hybridized carbons (Fsp3) is 0.526. The molecule has 0 radical (unpaired) electrons. The summed E-state index contributed by atoms with van der Waals surface area (Å²) in [4.78, 5) is 19.0. The summed E-state index contributed by atoms with van der Waals surface area (Å²) in [6.07, 6.45) is 1.73. The van der Waals surface area contributed by atoms with Crippen molar-refractivity contribution in [3.05, 3.63) is 36.2 Å². The Morgan fingerprint density at radius 1 is 1.24 bits per heavy atom. The van der Waals surface area contributed by atoms with Gasteiger partial charge in [0.05, 0.1) is 6.54 Å². The van der Waals surface area contributed by atoms with Crippen LogP contribution in [0.3, 0.4) is 0 Å². The van der Waals surface area contributed by atoms with Gasteiger partial charge in [-0.05, 0) is 46.7 Å². The standard InChI is InChI=1S/C19H26N4O2/c1-19(2,3)21-18(24)15-9-11-23(12-10-15)13-16-20-17(22-25-16)14-7-5-4-6-8-14/h4-8,15H,9-13H2,1-3H3,(H,21,24). The van der Waals surface area contributed by atoms with Gasteiger partial charge in [0.2, 0.25) is 17.6 Å². The molecule has 0 aliphatic carbocycles. The van der Waals surface area contributed by atoms with E-state index >= 15 is 0 Å². The Balaban J connectivity index is 1.51. The SMILES string of the molecule is CC(C)(C)NC(=O)C1CCN(Cc2nc(-c3ccccc3)no2)CC1. The Kier molecular flexibility index (Phi) is 5.18. The molecule has 6 nitrogen and oxygen atoms in total. The van der Waals surface area contributed by atoms with Gasteiger partial charge in [-0.25, -0.2) is 0 Å². The highest BCUT2D eigenvalue weighted by atomic mass is 16.5. The van der Waals surface area contributed by atoms with Gasteiger partial charge in [-0.1, -0.05) is 35.5 Å². The van der Waals surface area contributed by atoms with Crippen molar-refractivity contribution in [2.24, 2.45) is 5.92 Å². The maximum absolute atomic E-state index is 12.3. The normalized spacial score (nSPS) is 16.8. The van der Waals surface area contributed by atoms with Gasteiger partial charge >= 0.3 is 0 Å². The second-order valence-electron chi connectivity index (χ2n) is 7.67. The van der Waals surface area contributed by atoms with E-state index in [1.165, 1.54) is 0 Å². The summed E-state index contributed by atoms with van der Waals surface area (Å²) in [5.74, 6) is 1.50. The van der Waals surface area contributed by atoms with Gasteiger partial charge in [0.15, 0.2) is 0 Å². The summed E-state index contributed by atoms with van der Waals surface area (Å²) in [6.45, 7) is 8.41. The molecule has 1 aliphatic heterocycles. The predicted molar refractivity (Wildman–Crippen MR) is 95.6 cm³/mol. The van der Waals surface area contributed by atoms with Gasteiger partial charge in [-0.15, -0.1) is 0 Å². The summed E-state index contributed by atoms with van der Waals surface area (Å²) in [6, 6.07) is 9.81. The second kappa shape index (κ2) is 7.35. The number of likely N-dealkylation sites (tertiary alicyclic amines) is 1. The molecule has 0 bridgehead atoms. The molecule has 6 heteroatoms. The van der Waals surface area contributed by atoms with Gasteiger partial charge < -0.3 is 9.84 Å². The molecule has 0 spiro atoms. The lowest BCUT2D eigenvalue weighted by Gasteiger charge is -2.32. The Bertz CT molecular complexity index is 698. The van der Waals surface area contributed by atoms with Crippen LogP contribution in [0.15, 0.2) is 34.9 Å². The number of amides is 1. The van der Waals surface area contributed by atoms with Crippen LogP contribution in [-0.2, 0) is 11.3 Å². The average Bonchev–Trinajstić information content (AvgIpc) is 3.03. The third-order valence-electron chi connectivity index (χ3n) is 4.32. The van der Waals surface area contributed by atoms with Crippen LogP contribution in [0.2, 0.25) is 0 Å². The lowest BCUT2D eigenvalue weighted by atomic mass is 9.94. The second-order valence-corrected chi connectivity index (χ2v) is 7.67. The first-order valence-electron chi connectivity index (χ1n) is 8.83. The van der Waals surface area contributed by atoms with Crippen molar-refractivity contribution >= 4 is 5.91 Å². The number of aromatic nitrogens is 2. The topological polar surface area (TPSA) is 71.3 Å². The van der Waals surface area contributed by atoms with E-state index in [0.717, 1.165) is 31.5 Å². The third kappa shape index (κ3) is 4.89. The molecule has 134 valence electrons. The maximum Gasteiger partial charge on any atom is 0.241 e. The maximum atomic E-state index is 12.3. The summed E-state index contributed by atoms with van der Waals surface area (Å²) in [5, 5.41) is 7.14. The fourth-order valence-corrected chi connectivity index (χ4v) is 3.04. The van der Waals surface area contributed by atoms with Gasteiger partial charge in [-0.3, -0.25) is 9.69 Å². The van der Waals surface area contributed by atoms with Crippen molar-refractivity contribution in [2.75, 3.05) is 13.1 Å². The van der Waals surface area contributed by atoms with Crippen molar-refractivity contribution in [1.29, 1.82) is 0 Å². The Morgan fingerprint density at radius 2 is 1.92 bits per heavy atom. The molecule has 25 heavy (non-hydrogen) atoms. The number of carbonyl (C=O) groups excluding carboxylic acids is 1. The van der Waals surface area contributed by atoms with Gasteiger partial charge in [0, 0.05) is 17.0 Å². The van der Waals surface area contributed by atoms with E-state index in [0.29, 0.717) is 18.3 Å². The molecule has 1 fully saturated rings. The number of hydrogen-bond acceptors (Lipinski definition) is 5.